The number of fused-ring (bicyclic) bond motifs is 2. The molecular formula is C43H41BrN6O2. The van der Waals surface area contributed by atoms with Crippen LogP contribution in [0.2, 0.25) is 0 Å². The van der Waals surface area contributed by atoms with Crippen LogP contribution >= 0.6 is 15.9 Å². The highest BCUT2D eigenvalue weighted by Gasteiger charge is 2.45. The lowest BCUT2D eigenvalue weighted by molar-refractivity contribution is 0.0709. The van der Waals surface area contributed by atoms with Crippen molar-refractivity contribution in [3.05, 3.63) is 131 Å². The number of carbonyl (C=O) groups is 2. The van der Waals surface area contributed by atoms with Gasteiger partial charge in [-0.2, -0.15) is 0 Å². The molecule has 52 heavy (non-hydrogen) atoms. The van der Waals surface area contributed by atoms with E-state index in [1.807, 2.05) is 78.9 Å². The Morgan fingerprint density at radius 3 is 1.73 bits per heavy atom. The molecule has 0 saturated heterocycles. The number of Topliss-reactive ketones (excluding diaryl/α,β-unsaturated/α-hetero) is 2. The molecule has 262 valence electrons. The third kappa shape index (κ3) is 6.73. The molecule has 3 aliphatic carbocycles. The number of benzene rings is 2. The highest BCUT2D eigenvalue weighted by atomic mass is 79.9. The average molecular weight is 754 g/mol. The van der Waals surface area contributed by atoms with Crippen molar-refractivity contribution in [3.63, 3.8) is 0 Å². The van der Waals surface area contributed by atoms with Gasteiger partial charge in [-0.05, 0) is 91.1 Å². The van der Waals surface area contributed by atoms with Crippen LogP contribution in [0.15, 0.2) is 108 Å². The van der Waals surface area contributed by atoms with Crippen molar-refractivity contribution in [2.75, 3.05) is 10.6 Å². The maximum Gasteiger partial charge on any atom is 0.167 e. The maximum atomic E-state index is 13.1. The number of nitrogens with one attached hydrogen (secondary N) is 4. The second-order valence-electron chi connectivity index (χ2n) is 15.1. The van der Waals surface area contributed by atoms with Crippen LogP contribution < -0.4 is 10.6 Å². The van der Waals surface area contributed by atoms with Crippen LogP contribution in [0.25, 0.3) is 22.5 Å². The Hall–Kier alpha value is -5.28. The first kappa shape index (κ1) is 33.8. The van der Waals surface area contributed by atoms with E-state index < -0.39 is 0 Å². The maximum absolute atomic E-state index is 13.1. The number of aromatic nitrogens is 4. The van der Waals surface area contributed by atoms with E-state index in [4.69, 9.17) is 0 Å². The van der Waals surface area contributed by atoms with Gasteiger partial charge in [0.15, 0.2) is 11.6 Å². The minimum Gasteiger partial charge on any atom is -0.356 e. The van der Waals surface area contributed by atoms with E-state index in [1.165, 1.54) is 19.3 Å². The summed E-state index contributed by atoms with van der Waals surface area (Å²) in [4.78, 5) is 41.4. The summed E-state index contributed by atoms with van der Waals surface area (Å²) in [5.41, 5.74) is 11.6. The van der Waals surface area contributed by atoms with Gasteiger partial charge in [0.1, 0.15) is 0 Å². The summed E-state index contributed by atoms with van der Waals surface area (Å²) in [5, 5.41) is 6.98. The quantitative estimate of drug-likeness (QED) is 0.135. The van der Waals surface area contributed by atoms with Crippen molar-refractivity contribution in [2.24, 2.45) is 10.8 Å². The summed E-state index contributed by atoms with van der Waals surface area (Å²) in [7, 11) is 0. The van der Waals surface area contributed by atoms with Crippen LogP contribution in [0.4, 0.5) is 22.7 Å². The molecule has 1 fully saturated rings. The van der Waals surface area contributed by atoms with E-state index in [0.717, 1.165) is 85.1 Å². The fourth-order valence-electron chi connectivity index (χ4n) is 8.04. The first-order valence-electron chi connectivity index (χ1n) is 17.9. The zero-order chi connectivity index (χ0) is 35.9. The third-order valence-electron chi connectivity index (χ3n) is 10.6. The number of ketones is 2. The van der Waals surface area contributed by atoms with Crippen molar-refractivity contribution in [3.8, 4) is 22.5 Å². The Kier molecular flexibility index (Phi) is 8.91. The second-order valence-corrected chi connectivity index (χ2v) is 16.0. The number of hydrogen-bond donors (Lipinski definition) is 4. The third-order valence-corrected chi connectivity index (χ3v) is 11.1. The van der Waals surface area contributed by atoms with Crippen molar-refractivity contribution in [1.82, 2.24) is 19.9 Å². The molecule has 0 bridgehead atoms. The molecule has 4 heterocycles. The standard InChI is InChI=1S/C22H21N3O.C21H20BrN3O/c26-18-14-22(9-4-10-22)13-17-19(18)21(24-16-5-2-1-3-6-16)20(25-17)15-7-11-23-12-8-15;1-21(2)11-16-18(17(26)12-21)20(24-15-5-3-4-14(22)10-15)19(25-16)13-6-8-23-9-7-13/h1-3,5-8,11-12,24-25H,4,9-10,13-14H2;3-10,24-25H,11-12H2,1-2H3. The van der Waals surface area contributed by atoms with Gasteiger partial charge < -0.3 is 20.6 Å². The Morgan fingerprint density at radius 1 is 0.635 bits per heavy atom. The summed E-state index contributed by atoms with van der Waals surface area (Å²) in [6.07, 6.45) is 13.8. The Labute approximate surface area is 312 Å². The fraction of sp³-hybridized carbons (Fsp3) is 0.256. The van der Waals surface area contributed by atoms with Gasteiger partial charge in [0.05, 0.1) is 33.9 Å². The monoisotopic (exact) mass is 752 g/mol. The first-order valence-corrected chi connectivity index (χ1v) is 18.7. The van der Waals surface area contributed by atoms with Crippen LogP contribution in [-0.2, 0) is 12.8 Å². The Balaban J connectivity index is 0.000000149. The molecule has 2 aromatic carbocycles. The molecule has 0 amide bonds. The van der Waals surface area contributed by atoms with Crippen LogP contribution in [0.5, 0.6) is 0 Å². The Morgan fingerprint density at radius 2 is 1.17 bits per heavy atom. The summed E-state index contributed by atoms with van der Waals surface area (Å²) < 4.78 is 0.991. The van der Waals surface area contributed by atoms with Gasteiger partial charge in [-0.3, -0.25) is 19.6 Å². The van der Waals surface area contributed by atoms with Gasteiger partial charge in [-0.15, -0.1) is 0 Å². The van der Waals surface area contributed by atoms with Gasteiger partial charge in [0.2, 0.25) is 0 Å². The molecular weight excluding hydrogens is 712 g/mol. The molecule has 9 rings (SSSR count). The molecule has 1 spiro atoms. The predicted octanol–water partition coefficient (Wildman–Crippen LogP) is 10.9. The van der Waals surface area contributed by atoms with Gasteiger partial charge >= 0.3 is 0 Å². The van der Waals surface area contributed by atoms with Crippen LogP contribution in [0.3, 0.4) is 0 Å². The second kappa shape index (κ2) is 13.7. The van der Waals surface area contributed by atoms with Gasteiger partial charge in [0.25, 0.3) is 0 Å². The molecule has 0 unspecified atom stereocenters. The Bertz CT molecular complexity index is 2260. The molecule has 9 heteroatoms. The molecule has 3 aliphatic rings. The summed E-state index contributed by atoms with van der Waals surface area (Å²) >= 11 is 3.51. The number of H-pyrrole nitrogens is 2. The fourth-order valence-corrected chi connectivity index (χ4v) is 8.44. The number of aromatic amines is 2. The molecule has 4 N–H and O–H groups in total. The topological polar surface area (TPSA) is 116 Å². The highest BCUT2D eigenvalue weighted by molar-refractivity contribution is 9.10. The zero-order valence-electron chi connectivity index (χ0n) is 29.4. The lowest BCUT2D eigenvalue weighted by Crippen LogP contribution is -2.38. The van der Waals surface area contributed by atoms with Gasteiger partial charge in [-0.1, -0.05) is 60.5 Å². The number of rotatable bonds is 6. The van der Waals surface area contributed by atoms with E-state index in [2.05, 4.69) is 60.3 Å². The van der Waals surface area contributed by atoms with Crippen molar-refractivity contribution < 1.29 is 9.59 Å². The largest absolute Gasteiger partial charge is 0.356 e. The normalized spacial score (nSPS) is 16.6. The molecule has 8 nitrogen and oxygen atoms in total. The lowest BCUT2D eigenvalue weighted by Gasteiger charge is -2.44. The van der Waals surface area contributed by atoms with E-state index in [-0.39, 0.29) is 22.4 Å². The lowest BCUT2D eigenvalue weighted by atomic mass is 9.60. The number of hydrogen-bond acceptors (Lipinski definition) is 6. The molecule has 0 atom stereocenters. The molecule has 6 aromatic rings. The number of halogens is 1. The summed E-state index contributed by atoms with van der Waals surface area (Å²) in [5.74, 6) is 0.450. The number of para-hydroxylation sites is 1. The summed E-state index contributed by atoms with van der Waals surface area (Å²) in [6.45, 7) is 4.28. The van der Waals surface area contributed by atoms with Crippen molar-refractivity contribution >= 4 is 50.2 Å². The van der Waals surface area contributed by atoms with Crippen LogP contribution in [-0.4, -0.2) is 31.5 Å². The van der Waals surface area contributed by atoms with E-state index in [9.17, 15) is 9.59 Å². The van der Waals surface area contributed by atoms with Gasteiger partial charge in [0, 0.05) is 76.0 Å². The minimum atomic E-state index is -0.0303. The van der Waals surface area contributed by atoms with Crippen molar-refractivity contribution in [1.29, 1.82) is 0 Å². The molecule has 0 radical (unpaired) electrons. The predicted molar refractivity (Wildman–Crippen MR) is 211 cm³/mol. The van der Waals surface area contributed by atoms with Crippen LogP contribution in [0.1, 0.15) is 78.1 Å². The minimum absolute atomic E-state index is 0.0303. The highest BCUT2D eigenvalue weighted by Crippen LogP contribution is 2.52. The average Bonchev–Trinajstić information content (AvgIpc) is 3.66. The number of anilines is 4. The zero-order valence-corrected chi connectivity index (χ0v) is 30.9. The van der Waals surface area contributed by atoms with E-state index in [0.29, 0.717) is 12.8 Å². The van der Waals surface area contributed by atoms with Crippen LogP contribution in [0, 0.1) is 10.8 Å². The van der Waals surface area contributed by atoms with E-state index in [1.54, 1.807) is 24.8 Å². The molecule has 0 aliphatic heterocycles. The first-order chi connectivity index (χ1) is 25.2. The number of carbonyl (C=O) groups excluding carboxylic acids is 2. The number of pyridine rings is 2. The van der Waals surface area contributed by atoms with Gasteiger partial charge in [-0.25, -0.2) is 0 Å². The smallest absolute Gasteiger partial charge is 0.167 e. The van der Waals surface area contributed by atoms with E-state index >= 15 is 0 Å². The number of nitrogens with zero attached hydrogens (tertiary/aromatic N) is 2. The molecule has 1 saturated carbocycles. The summed E-state index contributed by atoms with van der Waals surface area (Å²) in [6, 6.07) is 25.9. The van der Waals surface area contributed by atoms with Crippen molar-refractivity contribution in [2.45, 2.75) is 58.8 Å². The molecule has 4 aromatic heterocycles. The SMILES string of the molecule is CC1(C)CC(=O)c2c([nH]c(-c3ccncc3)c2Nc2cccc(Br)c2)C1.O=C1CC2(CCC2)Cc2[nH]c(-c3ccncc3)c(Nc3ccccc3)c21.